The summed E-state index contributed by atoms with van der Waals surface area (Å²) >= 11 is 0. The number of carboxylic acids is 1. The Morgan fingerprint density at radius 1 is 0.926 bits per heavy atom. The van der Waals surface area contributed by atoms with Crippen molar-refractivity contribution in [2.24, 2.45) is 0 Å². The number of ether oxygens (including phenoxy) is 1. The fourth-order valence-corrected chi connectivity index (χ4v) is 2.88. The molecule has 0 aliphatic rings. The van der Waals surface area contributed by atoms with E-state index in [1.807, 2.05) is 60.7 Å². The van der Waals surface area contributed by atoms with Crippen LogP contribution in [0.25, 0.3) is 0 Å². The minimum Gasteiger partial charge on any atom is -0.480 e. The Hall–Kier alpha value is -3.15. The average Bonchev–Trinajstić information content (AvgIpc) is 2.68. The Morgan fingerprint density at radius 2 is 1.44 bits per heavy atom. The van der Waals surface area contributed by atoms with Gasteiger partial charge in [-0.05, 0) is 18.1 Å². The largest absolute Gasteiger partial charge is 0.480 e. The number of rotatable bonds is 9. The maximum Gasteiger partial charge on any atom is 0.327 e. The van der Waals surface area contributed by atoms with Gasteiger partial charge in [-0.1, -0.05) is 60.7 Å². The van der Waals surface area contributed by atoms with Crippen LogP contribution >= 0.6 is 0 Å². The second-order valence-electron chi connectivity index (χ2n) is 5.99. The Balaban J connectivity index is 2.23. The predicted molar refractivity (Wildman–Crippen MR) is 100 cm³/mol. The molecule has 0 saturated heterocycles. The van der Waals surface area contributed by atoms with E-state index >= 15 is 0 Å². The molecular weight excluding hydrogens is 346 g/mol. The van der Waals surface area contributed by atoms with Gasteiger partial charge in [0.1, 0.15) is 6.04 Å². The van der Waals surface area contributed by atoms with Gasteiger partial charge in [-0.2, -0.15) is 0 Å². The summed E-state index contributed by atoms with van der Waals surface area (Å²) in [6.07, 6.45) is -0.216. The Kier molecular flexibility index (Phi) is 7.55. The van der Waals surface area contributed by atoms with Crippen molar-refractivity contribution in [3.05, 3.63) is 71.8 Å². The van der Waals surface area contributed by atoms with E-state index in [4.69, 9.17) is 4.74 Å². The SMILES string of the molecule is CCOC(=O)CCC(=O)N[C@@H](C(=O)O)C(c1ccccc1)c1ccccc1. The topological polar surface area (TPSA) is 92.7 Å². The molecule has 2 rings (SSSR count). The van der Waals surface area contributed by atoms with E-state index in [1.165, 1.54) is 0 Å². The molecule has 0 aliphatic carbocycles. The molecule has 0 spiro atoms. The third kappa shape index (κ3) is 5.95. The highest BCUT2D eigenvalue weighted by atomic mass is 16.5. The molecule has 2 N–H and O–H groups in total. The van der Waals surface area contributed by atoms with Gasteiger partial charge in [-0.25, -0.2) is 4.79 Å². The van der Waals surface area contributed by atoms with Crippen LogP contribution in [0.5, 0.6) is 0 Å². The summed E-state index contributed by atoms with van der Waals surface area (Å²) in [5.74, 6) is -2.69. The summed E-state index contributed by atoms with van der Waals surface area (Å²) in [5.41, 5.74) is 1.56. The smallest absolute Gasteiger partial charge is 0.327 e. The molecule has 0 unspecified atom stereocenters. The zero-order chi connectivity index (χ0) is 19.6. The second-order valence-corrected chi connectivity index (χ2v) is 5.99. The van der Waals surface area contributed by atoms with Crippen molar-refractivity contribution in [2.45, 2.75) is 31.7 Å². The summed E-state index contributed by atoms with van der Waals surface area (Å²) in [5, 5.41) is 12.3. The lowest BCUT2D eigenvalue weighted by Crippen LogP contribution is -2.45. The van der Waals surface area contributed by atoms with Crippen molar-refractivity contribution in [3.8, 4) is 0 Å². The van der Waals surface area contributed by atoms with Gasteiger partial charge in [-0.15, -0.1) is 0 Å². The highest BCUT2D eigenvalue weighted by Crippen LogP contribution is 2.28. The zero-order valence-corrected chi connectivity index (χ0v) is 15.1. The van der Waals surface area contributed by atoms with Crippen molar-refractivity contribution in [3.63, 3.8) is 0 Å². The third-order valence-corrected chi connectivity index (χ3v) is 4.09. The zero-order valence-electron chi connectivity index (χ0n) is 15.1. The molecule has 0 radical (unpaired) electrons. The number of amides is 1. The highest BCUT2D eigenvalue weighted by Gasteiger charge is 2.32. The van der Waals surface area contributed by atoms with Gasteiger partial charge in [0.15, 0.2) is 0 Å². The molecule has 0 fully saturated rings. The van der Waals surface area contributed by atoms with Crippen molar-refractivity contribution in [2.75, 3.05) is 6.61 Å². The number of carbonyl (C=O) groups excluding carboxylic acids is 2. The summed E-state index contributed by atoms with van der Waals surface area (Å²) in [6, 6.07) is 17.2. The summed E-state index contributed by atoms with van der Waals surface area (Å²) in [6.45, 7) is 1.92. The third-order valence-electron chi connectivity index (χ3n) is 4.09. The molecule has 1 atom stereocenters. The van der Waals surface area contributed by atoms with Crippen LogP contribution in [0.15, 0.2) is 60.7 Å². The molecule has 2 aromatic rings. The number of hydrogen-bond donors (Lipinski definition) is 2. The van der Waals surface area contributed by atoms with E-state index < -0.39 is 29.8 Å². The molecule has 0 aromatic heterocycles. The molecule has 27 heavy (non-hydrogen) atoms. The monoisotopic (exact) mass is 369 g/mol. The van der Waals surface area contributed by atoms with Gasteiger partial charge in [-0.3, -0.25) is 9.59 Å². The maximum atomic E-state index is 12.3. The van der Waals surface area contributed by atoms with Crippen LogP contribution in [0.2, 0.25) is 0 Å². The number of nitrogens with one attached hydrogen (secondary N) is 1. The first-order valence-electron chi connectivity index (χ1n) is 8.80. The van der Waals surface area contributed by atoms with E-state index in [2.05, 4.69) is 5.32 Å². The van der Waals surface area contributed by atoms with Crippen LogP contribution in [0.3, 0.4) is 0 Å². The van der Waals surface area contributed by atoms with Crippen molar-refractivity contribution >= 4 is 17.8 Å². The molecule has 0 bridgehead atoms. The standard InChI is InChI=1S/C21H23NO5/c1-2-27-18(24)14-13-17(23)22-20(21(25)26)19(15-9-5-3-6-10-15)16-11-7-4-8-12-16/h3-12,19-20H,2,13-14H2,1H3,(H,22,23)(H,25,26)/t20-/m1/s1. The van der Waals surface area contributed by atoms with Crippen LogP contribution in [-0.2, 0) is 19.1 Å². The first-order chi connectivity index (χ1) is 13.0. The van der Waals surface area contributed by atoms with Crippen LogP contribution in [0, 0.1) is 0 Å². The van der Waals surface area contributed by atoms with Crippen LogP contribution in [0.1, 0.15) is 36.8 Å². The molecule has 2 aromatic carbocycles. The Bertz CT molecular complexity index is 721. The molecule has 142 valence electrons. The molecule has 0 heterocycles. The number of aliphatic carboxylic acids is 1. The quantitative estimate of drug-likeness (QED) is 0.663. The summed E-state index contributed by atoms with van der Waals surface area (Å²) < 4.78 is 4.80. The average molecular weight is 369 g/mol. The molecular formula is C21H23NO5. The lowest BCUT2D eigenvalue weighted by molar-refractivity contribution is -0.145. The number of esters is 1. The second kappa shape index (κ2) is 10.1. The normalized spacial score (nSPS) is 11.6. The minimum absolute atomic E-state index is 0.0899. The minimum atomic E-state index is -1.16. The van der Waals surface area contributed by atoms with Gasteiger partial charge in [0.2, 0.25) is 5.91 Å². The van der Waals surface area contributed by atoms with Crippen molar-refractivity contribution in [1.82, 2.24) is 5.32 Å². The van der Waals surface area contributed by atoms with Crippen LogP contribution < -0.4 is 5.32 Å². The summed E-state index contributed by atoms with van der Waals surface area (Å²) in [7, 11) is 0. The molecule has 1 amide bonds. The fraction of sp³-hybridized carbons (Fsp3) is 0.286. The molecule has 6 heteroatoms. The van der Waals surface area contributed by atoms with Crippen LogP contribution in [-0.4, -0.2) is 35.6 Å². The van der Waals surface area contributed by atoms with Gasteiger partial charge in [0, 0.05) is 12.3 Å². The number of carboxylic acid groups (broad SMARTS) is 1. The lowest BCUT2D eigenvalue weighted by atomic mass is 9.85. The fourth-order valence-electron chi connectivity index (χ4n) is 2.88. The maximum absolute atomic E-state index is 12.3. The van der Waals surface area contributed by atoms with Crippen molar-refractivity contribution in [1.29, 1.82) is 0 Å². The van der Waals surface area contributed by atoms with E-state index in [1.54, 1.807) is 6.92 Å². The summed E-state index contributed by atoms with van der Waals surface area (Å²) in [4.78, 5) is 35.6. The Labute approximate surface area is 158 Å². The predicted octanol–water partition coefficient (Wildman–Crippen LogP) is 2.73. The number of hydrogen-bond acceptors (Lipinski definition) is 4. The molecule has 0 aliphatic heterocycles. The van der Waals surface area contributed by atoms with E-state index in [0.717, 1.165) is 11.1 Å². The lowest BCUT2D eigenvalue weighted by Gasteiger charge is -2.26. The van der Waals surface area contributed by atoms with Gasteiger partial charge in [0.05, 0.1) is 13.0 Å². The highest BCUT2D eigenvalue weighted by molar-refractivity contribution is 5.86. The molecule has 0 saturated carbocycles. The first-order valence-corrected chi connectivity index (χ1v) is 8.80. The van der Waals surface area contributed by atoms with E-state index in [-0.39, 0.29) is 19.4 Å². The Morgan fingerprint density at radius 3 is 1.89 bits per heavy atom. The van der Waals surface area contributed by atoms with Crippen molar-refractivity contribution < 1.29 is 24.2 Å². The van der Waals surface area contributed by atoms with Gasteiger partial charge in [0.25, 0.3) is 0 Å². The van der Waals surface area contributed by atoms with Crippen LogP contribution in [0.4, 0.5) is 0 Å². The first kappa shape index (κ1) is 20.2. The number of benzene rings is 2. The number of carbonyl (C=O) groups is 3. The van der Waals surface area contributed by atoms with Gasteiger partial charge >= 0.3 is 11.9 Å². The van der Waals surface area contributed by atoms with Gasteiger partial charge < -0.3 is 15.2 Å². The molecule has 6 nitrogen and oxygen atoms in total. The van der Waals surface area contributed by atoms with E-state index in [0.29, 0.717) is 0 Å². The van der Waals surface area contributed by atoms with E-state index in [9.17, 15) is 19.5 Å².